The van der Waals surface area contributed by atoms with Crippen LogP contribution >= 0.6 is 0 Å². The van der Waals surface area contributed by atoms with E-state index in [2.05, 4.69) is 12.2 Å². The lowest BCUT2D eigenvalue weighted by molar-refractivity contribution is -0.0263. The summed E-state index contributed by atoms with van der Waals surface area (Å²) in [7, 11) is 3.47. The van der Waals surface area contributed by atoms with Crippen LogP contribution in [0.2, 0.25) is 0 Å². The van der Waals surface area contributed by atoms with Crippen LogP contribution in [0.15, 0.2) is 18.2 Å². The van der Waals surface area contributed by atoms with Crippen molar-refractivity contribution in [1.82, 2.24) is 15.1 Å². The van der Waals surface area contributed by atoms with Gasteiger partial charge in [-0.3, -0.25) is 4.79 Å². The Kier molecular flexibility index (Phi) is 12.1. The molecular formula is C29H47N3O6. The molecule has 214 valence electrons. The van der Waals surface area contributed by atoms with E-state index in [1.807, 2.05) is 36.9 Å². The number of rotatable bonds is 13. The van der Waals surface area contributed by atoms with Crippen molar-refractivity contribution in [2.24, 2.45) is 11.8 Å². The van der Waals surface area contributed by atoms with Crippen molar-refractivity contribution in [3.05, 3.63) is 29.3 Å². The summed E-state index contributed by atoms with van der Waals surface area (Å²) in [5, 5.41) is 3.46. The SMILES string of the molecule is CCc1ccc(C(=O)N(C[C@@H]2CNC[C@H]2CN(C)C(=O)O[C@H]2CCCOC2)C(C)C)cc1OCCCOC. The Morgan fingerprint density at radius 2 is 1.92 bits per heavy atom. The van der Waals surface area contributed by atoms with Crippen LogP contribution in [0.4, 0.5) is 4.79 Å². The highest BCUT2D eigenvalue weighted by atomic mass is 16.6. The van der Waals surface area contributed by atoms with E-state index in [0.29, 0.717) is 38.5 Å². The molecule has 2 aliphatic heterocycles. The quantitative estimate of drug-likeness (QED) is 0.388. The summed E-state index contributed by atoms with van der Waals surface area (Å²) in [4.78, 5) is 30.0. The summed E-state index contributed by atoms with van der Waals surface area (Å²) >= 11 is 0. The lowest BCUT2D eigenvalue weighted by atomic mass is 9.94. The van der Waals surface area contributed by atoms with Crippen LogP contribution in [0.5, 0.6) is 5.75 Å². The van der Waals surface area contributed by atoms with E-state index in [1.54, 1.807) is 19.1 Å². The molecule has 3 atom stereocenters. The van der Waals surface area contributed by atoms with E-state index in [0.717, 1.165) is 56.7 Å². The monoisotopic (exact) mass is 533 g/mol. The standard InChI is InChI=1S/C29H47N3O6/c1-6-22-10-11-23(15-27(22)37-14-8-12-35-5)28(33)32(21(2)3)19-25-17-30-16-24(25)18-31(4)29(34)38-26-9-7-13-36-20-26/h10-11,15,21,24-26,30H,6-9,12-14,16-20H2,1-5H3/t24-,25-,26-/m0/s1. The van der Waals surface area contributed by atoms with Crippen molar-refractivity contribution < 1.29 is 28.5 Å². The number of methoxy groups -OCH3 is 1. The van der Waals surface area contributed by atoms with Crippen LogP contribution in [0, 0.1) is 11.8 Å². The minimum atomic E-state index is -0.308. The molecule has 3 rings (SSSR count). The average molecular weight is 534 g/mol. The van der Waals surface area contributed by atoms with Crippen molar-refractivity contribution in [2.45, 2.75) is 58.6 Å². The van der Waals surface area contributed by atoms with Gasteiger partial charge in [-0.15, -0.1) is 0 Å². The molecule has 0 bridgehead atoms. The van der Waals surface area contributed by atoms with Crippen LogP contribution in [0.1, 0.15) is 56.0 Å². The summed E-state index contributed by atoms with van der Waals surface area (Å²) in [5.41, 5.74) is 1.72. The van der Waals surface area contributed by atoms with Gasteiger partial charge in [0.05, 0.1) is 13.2 Å². The first-order valence-corrected chi connectivity index (χ1v) is 14.1. The molecule has 1 aromatic carbocycles. The van der Waals surface area contributed by atoms with Gasteiger partial charge in [0.25, 0.3) is 5.91 Å². The number of hydrogen-bond acceptors (Lipinski definition) is 7. The van der Waals surface area contributed by atoms with Gasteiger partial charge in [-0.1, -0.05) is 13.0 Å². The first kappa shape index (κ1) is 30.2. The third-order valence-electron chi connectivity index (χ3n) is 7.45. The largest absolute Gasteiger partial charge is 0.493 e. The molecule has 1 N–H and O–H groups in total. The van der Waals surface area contributed by atoms with Crippen LogP contribution in [0.3, 0.4) is 0 Å². The molecule has 2 heterocycles. The number of benzene rings is 1. The smallest absolute Gasteiger partial charge is 0.409 e. The predicted octanol–water partition coefficient (Wildman–Crippen LogP) is 3.60. The number of nitrogens with zero attached hydrogens (tertiary/aromatic N) is 2. The average Bonchev–Trinajstić information content (AvgIpc) is 3.36. The molecule has 2 amide bonds. The predicted molar refractivity (Wildman–Crippen MR) is 147 cm³/mol. The van der Waals surface area contributed by atoms with Crippen LogP contribution in [-0.2, 0) is 20.6 Å². The van der Waals surface area contributed by atoms with Crippen LogP contribution < -0.4 is 10.1 Å². The molecule has 0 unspecified atom stereocenters. The third kappa shape index (κ3) is 8.58. The number of aryl methyl sites for hydroxylation is 1. The Morgan fingerprint density at radius 1 is 1.16 bits per heavy atom. The fourth-order valence-electron chi connectivity index (χ4n) is 5.12. The molecule has 38 heavy (non-hydrogen) atoms. The highest BCUT2D eigenvalue weighted by Gasteiger charge is 2.33. The van der Waals surface area contributed by atoms with E-state index in [-0.39, 0.29) is 36.0 Å². The highest BCUT2D eigenvalue weighted by molar-refractivity contribution is 5.95. The van der Waals surface area contributed by atoms with Gasteiger partial charge in [0, 0.05) is 71.6 Å². The maximum atomic E-state index is 13.7. The zero-order valence-electron chi connectivity index (χ0n) is 23.9. The van der Waals surface area contributed by atoms with E-state index in [9.17, 15) is 9.59 Å². The van der Waals surface area contributed by atoms with Gasteiger partial charge in [-0.05, 0) is 62.6 Å². The number of nitrogens with one attached hydrogen (secondary N) is 1. The van der Waals surface area contributed by atoms with E-state index < -0.39 is 0 Å². The van der Waals surface area contributed by atoms with Crippen molar-refractivity contribution in [1.29, 1.82) is 0 Å². The third-order valence-corrected chi connectivity index (χ3v) is 7.45. The molecule has 0 saturated carbocycles. The lowest BCUT2D eigenvalue weighted by Crippen LogP contribution is -2.44. The first-order chi connectivity index (χ1) is 18.3. The number of amides is 2. The maximum absolute atomic E-state index is 13.7. The fraction of sp³-hybridized carbons (Fsp3) is 0.724. The zero-order chi connectivity index (χ0) is 27.5. The second-order valence-electron chi connectivity index (χ2n) is 10.7. The summed E-state index contributed by atoms with van der Waals surface area (Å²) in [6, 6.07) is 5.82. The van der Waals surface area contributed by atoms with Gasteiger partial charge >= 0.3 is 6.09 Å². The second kappa shape index (κ2) is 15.3. The summed E-state index contributed by atoms with van der Waals surface area (Å²) < 4.78 is 22.2. The molecule has 2 aliphatic rings. The molecule has 2 saturated heterocycles. The van der Waals surface area contributed by atoms with Crippen molar-refractivity contribution in [3.63, 3.8) is 0 Å². The van der Waals surface area contributed by atoms with Crippen LogP contribution in [-0.4, -0.2) is 101 Å². The van der Waals surface area contributed by atoms with Crippen molar-refractivity contribution in [3.8, 4) is 5.75 Å². The molecule has 9 heteroatoms. The van der Waals surface area contributed by atoms with Gasteiger partial charge in [0.1, 0.15) is 11.9 Å². The zero-order valence-corrected chi connectivity index (χ0v) is 23.9. The maximum Gasteiger partial charge on any atom is 0.409 e. The first-order valence-electron chi connectivity index (χ1n) is 14.1. The number of ether oxygens (including phenoxy) is 4. The van der Waals surface area contributed by atoms with Crippen LogP contribution in [0.25, 0.3) is 0 Å². The molecule has 0 aromatic heterocycles. The highest BCUT2D eigenvalue weighted by Crippen LogP contribution is 2.25. The van der Waals surface area contributed by atoms with E-state index >= 15 is 0 Å². The van der Waals surface area contributed by atoms with Gasteiger partial charge in [-0.2, -0.15) is 0 Å². The fourth-order valence-corrected chi connectivity index (χ4v) is 5.12. The molecule has 2 fully saturated rings. The van der Waals surface area contributed by atoms with E-state index in [4.69, 9.17) is 18.9 Å². The van der Waals surface area contributed by atoms with E-state index in [1.165, 1.54) is 0 Å². The van der Waals surface area contributed by atoms with Crippen molar-refractivity contribution >= 4 is 12.0 Å². The lowest BCUT2D eigenvalue weighted by Gasteiger charge is -2.33. The Labute approximate surface area is 228 Å². The molecule has 0 aliphatic carbocycles. The van der Waals surface area contributed by atoms with Gasteiger partial charge < -0.3 is 34.1 Å². The summed E-state index contributed by atoms with van der Waals surface area (Å²) in [6.07, 6.45) is 2.91. The molecule has 0 radical (unpaired) electrons. The number of carbonyl (C=O) groups is 2. The molecule has 1 aromatic rings. The minimum absolute atomic E-state index is 0.0000994. The number of carbonyl (C=O) groups excluding carboxylic acids is 2. The molecule has 0 spiro atoms. The summed E-state index contributed by atoms with van der Waals surface area (Å²) in [5.74, 6) is 1.22. The minimum Gasteiger partial charge on any atom is -0.493 e. The summed E-state index contributed by atoms with van der Waals surface area (Å²) in [6.45, 7) is 11.4. The van der Waals surface area contributed by atoms with Gasteiger partial charge in [0.15, 0.2) is 0 Å². The Bertz CT molecular complexity index is 889. The van der Waals surface area contributed by atoms with Gasteiger partial charge in [-0.25, -0.2) is 4.79 Å². The number of hydrogen-bond donors (Lipinski definition) is 1. The molecule has 9 nitrogen and oxygen atoms in total. The Hall–Kier alpha value is -2.36. The topological polar surface area (TPSA) is 89.6 Å². The second-order valence-corrected chi connectivity index (χ2v) is 10.7. The van der Waals surface area contributed by atoms with Crippen molar-refractivity contribution in [2.75, 3.05) is 66.8 Å². The Balaban J connectivity index is 1.63. The molecular weight excluding hydrogens is 486 g/mol. The Morgan fingerprint density at radius 3 is 2.58 bits per heavy atom. The normalized spacial score (nSPS) is 21.4. The van der Waals surface area contributed by atoms with Gasteiger partial charge in [0.2, 0.25) is 0 Å².